The number of nitrogens with one attached hydrogen (secondary N) is 1. The molecule has 0 aromatic heterocycles. The number of hydrogen-bond donors (Lipinski definition) is 2. The second-order valence-electron chi connectivity index (χ2n) is 9.70. The van der Waals surface area contributed by atoms with Crippen LogP contribution in [-0.2, 0) is 9.59 Å². The zero-order chi connectivity index (χ0) is 24.0. The van der Waals surface area contributed by atoms with Crippen molar-refractivity contribution in [1.29, 1.82) is 5.26 Å². The molecular weight excluding hydrogens is 424 g/mol. The van der Waals surface area contributed by atoms with E-state index in [1.165, 1.54) is 17.5 Å². The minimum atomic E-state index is -0.888. The monoisotopic (exact) mass is 457 g/mol. The van der Waals surface area contributed by atoms with Gasteiger partial charge in [0.15, 0.2) is 0 Å². The van der Waals surface area contributed by atoms with Crippen molar-refractivity contribution in [2.45, 2.75) is 56.9 Å². The van der Waals surface area contributed by atoms with Gasteiger partial charge in [0.1, 0.15) is 5.54 Å². The average Bonchev–Trinajstić information content (AvgIpc) is 2.89. The second kappa shape index (κ2) is 10.3. The Hall–Kier alpha value is -3.33. The SMILES string of the molecule is N#CC1(NC(=O)[CH]CC2(C(N)=O)CCCCC2)CCN(c2ccc(-c3ccccc3)cc2)CC1. The molecule has 1 aliphatic heterocycles. The number of amides is 2. The maximum Gasteiger partial charge on any atom is 0.225 e. The smallest absolute Gasteiger partial charge is 0.225 e. The van der Waals surface area contributed by atoms with Crippen LogP contribution in [0.1, 0.15) is 51.4 Å². The summed E-state index contributed by atoms with van der Waals surface area (Å²) in [6, 6.07) is 21.1. The molecule has 2 aromatic rings. The van der Waals surface area contributed by atoms with Gasteiger partial charge in [-0.25, -0.2) is 0 Å². The summed E-state index contributed by atoms with van der Waals surface area (Å²) in [5, 5.41) is 12.8. The third-order valence-corrected chi connectivity index (χ3v) is 7.54. The Morgan fingerprint density at radius 3 is 2.15 bits per heavy atom. The third-order valence-electron chi connectivity index (χ3n) is 7.54. The topological polar surface area (TPSA) is 99.2 Å². The zero-order valence-electron chi connectivity index (χ0n) is 19.6. The Kier molecular flexibility index (Phi) is 7.21. The summed E-state index contributed by atoms with van der Waals surface area (Å²) in [6.07, 6.45) is 7.45. The molecule has 0 spiro atoms. The number of benzene rings is 2. The Labute approximate surface area is 202 Å². The van der Waals surface area contributed by atoms with E-state index in [9.17, 15) is 14.9 Å². The number of nitrogens with two attached hydrogens (primary N) is 1. The van der Waals surface area contributed by atoms with Crippen molar-refractivity contribution >= 4 is 17.5 Å². The summed E-state index contributed by atoms with van der Waals surface area (Å²) in [5.41, 5.74) is 7.65. The van der Waals surface area contributed by atoms with Crippen molar-refractivity contribution in [2.75, 3.05) is 18.0 Å². The average molecular weight is 458 g/mol. The van der Waals surface area contributed by atoms with Crippen molar-refractivity contribution in [3.63, 3.8) is 0 Å². The summed E-state index contributed by atoms with van der Waals surface area (Å²) in [6.45, 7) is 1.37. The van der Waals surface area contributed by atoms with Gasteiger partial charge in [-0.1, -0.05) is 61.7 Å². The lowest BCUT2D eigenvalue weighted by Gasteiger charge is -2.39. The third kappa shape index (κ3) is 5.25. The fourth-order valence-corrected chi connectivity index (χ4v) is 5.26. The summed E-state index contributed by atoms with van der Waals surface area (Å²) in [7, 11) is 0. The van der Waals surface area contributed by atoms with E-state index in [1.54, 1.807) is 0 Å². The molecule has 1 radical (unpaired) electrons. The first kappa shape index (κ1) is 23.8. The van der Waals surface area contributed by atoms with Crippen LogP contribution in [0, 0.1) is 23.2 Å². The highest BCUT2D eigenvalue weighted by atomic mass is 16.2. The number of nitriles is 1. The van der Waals surface area contributed by atoms with E-state index in [2.05, 4.69) is 52.7 Å². The molecule has 6 heteroatoms. The molecule has 1 heterocycles. The number of hydrogen-bond acceptors (Lipinski definition) is 4. The summed E-state index contributed by atoms with van der Waals surface area (Å²) < 4.78 is 0. The number of anilines is 1. The fraction of sp³-hybridized carbons (Fsp3) is 0.429. The molecular formula is C28H33N4O2. The largest absolute Gasteiger partial charge is 0.371 e. The number of carbonyl (C=O) groups is 2. The highest BCUT2D eigenvalue weighted by Crippen LogP contribution is 2.40. The molecule has 0 bridgehead atoms. The molecule has 1 saturated heterocycles. The van der Waals surface area contributed by atoms with E-state index >= 15 is 0 Å². The van der Waals surface area contributed by atoms with Crippen LogP contribution >= 0.6 is 0 Å². The van der Waals surface area contributed by atoms with Crippen LogP contribution < -0.4 is 16.0 Å². The van der Waals surface area contributed by atoms with Gasteiger partial charge in [-0.15, -0.1) is 0 Å². The molecule has 6 nitrogen and oxygen atoms in total. The van der Waals surface area contributed by atoms with Crippen molar-refractivity contribution in [2.24, 2.45) is 11.1 Å². The molecule has 0 atom stereocenters. The van der Waals surface area contributed by atoms with Crippen molar-refractivity contribution in [3.8, 4) is 17.2 Å². The molecule has 0 unspecified atom stereocenters. The van der Waals surface area contributed by atoms with Gasteiger partial charge in [0.05, 0.1) is 12.5 Å². The van der Waals surface area contributed by atoms with Crippen molar-refractivity contribution in [3.05, 3.63) is 61.0 Å². The van der Waals surface area contributed by atoms with Crippen LogP contribution in [0.2, 0.25) is 0 Å². The molecule has 4 rings (SSSR count). The fourth-order valence-electron chi connectivity index (χ4n) is 5.26. The van der Waals surface area contributed by atoms with Gasteiger partial charge in [-0.05, 0) is 42.5 Å². The number of carbonyl (C=O) groups excluding carboxylic acids is 2. The molecule has 2 aliphatic rings. The summed E-state index contributed by atoms with van der Waals surface area (Å²) >= 11 is 0. The maximum atomic E-state index is 12.7. The molecule has 3 N–H and O–H groups in total. The molecule has 34 heavy (non-hydrogen) atoms. The lowest BCUT2D eigenvalue weighted by molar-refractivity contribution is -0.130. The first-order valence-corrected chi connectivity index (χ1v) is 12.2. The Bertz CT molecular complexity index is 1030. The molecule has 2 amide bonds. The van der Waals surface area contributed by atoms with E-state index in [-0.39, 0.29) is 11.8 Å². The van der Waals surface area contributed by atoms with E-state index in [4.69, 9.17) is 5.73 Å². The Balaban J connectivity index is 1.32. The first-order valence-electron chi connectivity index (χ1n) is 12.2. The van der Waals surface area contributed by atoms with Crippen LogP contribution in [-0.4, -0.2) is 30.4 Å². The standard InChI is InChI=1S/C28H33N4O2/c29-21-28(31-25(33)13-16-27(26(30)34)14-5-2-6-15-27)17-19-32(20-18-28)24-11-9-23(10-12-24)22-7-3-1-4-8-22/h1,3-4,7-13H,2,5-6,14-20H2,(H2,30,34)(H,31,33). The minimum Gasteiger partial charge on any atom is -0.371 e. The van der Waals surface area contributed by atoms with Gasteiger partial charge in [-0.3, -0.25) is 9.59 Å². The summed E-state index contributed by atoms with van der Waals surface area (Å²) in [4.78, 5) is 27.1. The quantitative estimate of drug-likeness (QED) is 0.645. The number of nitrogens with zero attached hydrogens (tertiary/aromatic N) is 2. The van der Waals surface area contributed by atoms with Gasteiger partial charge < -0.3 is 16.0 Å². The molecule has 177 valence electrons. The van der Waals surface area contributed by atoms with Gasteiger partial charge >= 0.3 is 0 Å². The number of piperidine rings is 1. The van der Waals surface area contributed by atoms with E-state index in [0.29, 0.717) is 32.4 Å². The summed E-state index contributed by atoms with van der Waals surface area (Å²) in [5.74, 6) is -0.605. The molecule has 1 saturated carbocycles. The normalized spacial score (nSPS) is 19.1. The van der Waals surface area contributed by atoms with Gasteiger partial charge in [0, 0.05) is 37.0 Å². The lowest BCUT2D eigenvalue weighted by Crippen LogP contribution is -2.55. The number of primary amides is 1. The lowest BCUT2D eigenvalue weighted by atomic mass is 9.70. The Morgan fingerprint density at radius 1 is 0.941 bits per heavy atom. The zero-order valence-corrected chi connectivity index (χ0v) is 19.6. The van der Waals surface area contributed by atoms with Crippen LogP contribution in [0.15, 0.2) is 54.6 Å². The molecule has 2 fully saturated rings. The van der Waals surface area contributed by atoms with E-state index < -0.39 is 11.0 Å². The van der Waals surface area contributed by atoms with Crippen molar-refractivity contribution < 1.29 is 9.59 Å². The van der Waals surface area contributed by atoms with Crippen LogP contribution in [0.25, 0.3) is 11.1 Å². The van der Waals surface area contributed by atoms with Gasteiger partial charge in [-0.2, -0.15) is 5.26 Å². The van der Waals surface area contributed by atoms with Gasteiger partial charge in [0.2, 0.25) is 11.8 Å². The predicted molar refractivity (Wildman–Crippen MR) is 133 cm³/mol. The van der Waals surface area contributed by atoms with Crippen LogP contribution in [0.4, 0.5) is 5.69 Å². The van der Waals surface area contributed by atoms with Gasteiger partial charge in [0.25, 0.3) is 0 Å². The second-order valence-corrected chi connectivity index (χ2v) is 9.70. The van der Waals surface area contributed by atoms with Crippen LogP contribution in [0.5, 0.6) is 0 Å². The molecule has 2 aromatic carbocycles. The first-order chi connectivity index (χ1) is 16.5. The number of rotatable bonds is 7. The highest BCUT2D eigenvalue weighted by Gasteiger charge is 2.40. The van der Waals surface area contributed by atoms with Crippen LogP contribution in [0.3, 0.4) is 0 Å². The van der Waals surface area contributed by atoms with E-state index in [0.717, 1.165) is 37.8 Å². The highest BCUT2D eigenvalue weighted by molar-refractivity contribution is 5.88. The van der Waals surface area contributed by atoms with E-state index in [1.807, 2.05) is 18.2 Å². The van der Waals surface area contributed by atoms with Crippen molar-refractivity contribution in [1.82, 2.24) is 5.32 Å². The maximum absolute atomic E-state index is 12.7. The Morgan fingerprint density at radius 2 is 1.56 bits per heavy atom. The predicted octanol–water partition coefficient (Wildman–Crippen LogP) is 4.36. The minimum absolute atomic E-state index is 0.284. The molecule has 1 aliphatic carbocycles.